The monoisotopic (exact) mass is 298 g/mol. The number of carbonyl (C=O) groups excluding carboxylic acids is 1. The highest BCUT2D eigenvalue weighted by molar-refractivity contribution is 5.74. The average Bonchev–Trinajstić information content (AvgIpc) is 2.64. The quantitative estimate of drug-likeness (QED) is 0.676. The van der Waals surface area contributed by atoms with Crippen molar-refractivity contribution in [2.75, 3.05) is 6.54 Å². The second-order valence-corrected chi connectivity index (χ2v) is 7.38. The molecule has 1 aliphatic carbocycles. The minimum absolute atomic E-state index is 0.00941. The van der Waals surface area contributed by atoms with E-state index in [1.54, 1.807) is 0 Å². The van der Waals surface area contributed by atoms with Crippen molar-refractivity contribution >= 4 is 12.0 Å². The highest BCUT2D eigenvalue weighted by atomic mass is 16.4. The lowest BCUT2D eigenvalue weighted by Gasteiger charge is -2.28. The maximum absolute atomic E-state index is 12.0. The SMILES string of the molecule is CC(C)C[C@H](CNC(=O)NC1CCCC1(C)C)CC(=O)O. The van der Waals surface area contributed by atoms with E-state index in [2.05, 4.69) is 38.3 Å². The summed E-state index contributed by atoms with van der Waals surface area (Å²) >= 11 is 0. The van der Waals surface area contributed by atoms with Crippen LogP contribution in [-0.2, 0) is 4.79 Å². The molecule has 0 heterocycles. The first-order valence-electron chi connectivity index (χ1n) is 7.97. The smallest absolute Gasteiger partial charge is 0.315 e. The van der Waals surface area contributed by atoms with Crippen molar-refractivity contribution in [1.29, 1.82) is 0 Å². The highest BCUT2D eigenvalue weighted by Crippen LogP contribution is 2.37. The number of aliphatic carboxylic acids is 1. The van der Waals surface area contributed by atoms with E-state index in [0.29, 0.717) is 12.5 Å². The maximum atomic E-state index is 12.0. The number of amides is 2. The second-order valence-electron chi connectivity index (χ2n) is 7.38. The van der Waals surface area contributed by atoms with Gasteiger partial charge >= 0.3 is 12.0 Å². The Kier molecular flexibility index (Phi) is 6.49. The summed E-state index contributed by atoms with van der Waals surface area (Å²) in [6.07, 6.45) is 4.21. The molecule has 3 N–H and O–H groups in total. The summed E-state index contributed by atoms with van der Waals surface area (Å²) in [6.45, 7) is 8.91. The van der Waals surface area contributed by atoms with Crippen LogP contribution in [0.5, 0.6) is 0 Å². The van der Waals surface area contributed by atoms with Gasteiger partial charge in [0.25, 0.3) is 0 Å². The third-order valence-electron chi connectivity index (χ3n) is 4.38. The molecule has 21 heavy (non-hydrogen) atoms. The first kappa shape index (κ1) is 17.8. The molecule has 2 atom stereocenters. The van der Waals surface area contributed by atoms with Gasteiger partial charge in [-0.3, -0.25) is 4.79 Å². The van der Waals surface area contributed by atoms with Gasteiger partial charge in [0.2, 0.25) is 0 Å². The number of carboxylic acid groups (broad SMARTS) is 1. The van der Waals surface area contributed by atoms with Crippen LogP contribution in [0.3, 0.4) is 0 Å². The summed E-state index contributed by atoms with van der Waals surface area (Å²) in [4.78, 5) is 22.9. The van der Waals surface area contributed by atoms with Gasteiger partial charge in [0.05, 0.1) is 0 Å². The molecule has 0 aromatic carbocycles. The number of urea groups is 1. The molecule has 0 saturated heterocycles. The van der Waals surface area contributed by atoms with E-state index in [9.17, 15) is 9.59 Å². The molecule has 0 bridgehead atoms. The lowest BCUT2D eigenvalue weighted by atomic mass is 9.87. The van der Waals surface area contributed by atoms with Gasteiger partial charge in [0.15, 0.2) is 0 Å². The molecule has 0 aromatic heterocycles. The molecule has 0 radical (unpaired) electrons. The van der Waals surface area contributed by atoms with Crippen molar-refractivity contribution in [2.45, 2.75) is 65.8 Å². The van der Waals surface area contributed by atoms with Gasteiger partial charge in [-0.15, -0.1) is 0 Å². The zero-order chi connectivity index (χ0) is 16.0. The molecule has 1 aliphatic rings. The standard InChI is InChI=1S/C16H30N2O3/c1-11(2)8-12(9-14(19)20)10-17-15(21)18-13-6-5-7-16(13,3)4/h11-13H,5-10H2,1-4H3,(H,19,20)(H2,17,18,21)/t12-,13?/m0/s1. The van der Waals surface area contributed by atoms with E-state index in [-0.39, 0.29) is 29.8 Å². The summed E-state index contributed by atoms with van der Waals surface area (Å²) in [7, 11) is 0. The fourth-order valence-corrected chi connectivity index (χ4v) is 3.19. The number of rotatable bonds is 7. The summed E-state index contributed by atoms with van der Waals surface area (Å²) in [6, 6.07) is 0.0367. The molecule has 1 unspecified atom stereocenters. The predicted molar refractivity (Wildman–Crippen MR) is 83.2 cm³/mol. The number of carboxylic acids is 1. The highest BCUT2D eigenvalue weighted by Gasteiger charge is 2.35. The van der Waals surface area contributed by atoms with E-state index in [1.807, 2.05) is 0 Å². The predicted octanol–water partition coefficient (Wildman–Crippen LogP) is 3.00. The molecular weight excluding hydrogens is 268 g/mol. The van der Waals surface area contributed by atoms with Gasteiger partial charge < -0.3 is 15.7 Å². The van der Waals surface area contributed by atoms with Crippen LogP contribution in [-0.4, -0.2) is 29.7 Å². The molecule has 5 nitrogen and oxygen atoms in total. The Hall–Kier alpha value is -1.26. The zero-order valence-corrected chi connectivity index (χ0v) is 13.7. The van der Waals surface area contributed by atoms with Crippen molar-refractivity contribution in [2.24, 2.45) is 17.3 Å². The molecule has 2 amide bonds. The Morgan fingerprint density at radius 1 is 1.33 bits per heavy atom. The van der Waals surface area contributed by atoms with Crippen LogP contribution < -0.4 is 10.6 Å². The second kappa shape index (κ2) is 7.66. The minimum Gasteiger partial charge on any atom is -0.481 e. The fraction of sp³-hybridized carbons (Fsp3) is 0.875. The Bertz CT molecular complexity index is 367. The molecule has 0 aromatic rings. The van der Waals surface area contributed by atoms with Crippen LogP contribution in [0.25, 0.3) is 0 Å². The van der Waals surface area contributed by atoms with Crippen LogP contribution in [0.15, 0.2) is 0 Å². The maximum Gasteiger partial charge on any atom is 0.315 e. The summed E-state index contributed by atoms with van der Waals surface area (Å²) in [5.74, 6) is -0.391. The Morgan fingerprint density at radius 2 is 2.00 bits per heavy atom. The molecule has 1 fully saturated rings. The van der Waals surface area contributed by atoms with Crippen LogP contribution in [0.2, 0.25) is 0 Å². The van der Waals surface area contributed by atoms with Crippen LogP contribution in [0.1, 0.15) is 59.8 Å². The largest absolute Gasteiger partial charge is 0.481 e. The molecule has 1 saturated carbocycles. The third kappa shape index (κ3) is 6.36. The lowest BCUT2D eigenvalue weighted by molar-refractivity contribution is -0.138. The lowest BCUT2D eigenvalue weighted by Crippen LogP contribution is -2.47. The van der Waals surface area contributed by atoms with Crippen LogP contribution in [0.4, 0.5) is 4.79 Å². The first-order valence-corrected chi connectivity index (χ1v) is 7.97. The Balaban J connectivity index is 2.40. The molecule has 122 valence electrons. The van der Waals surface area contributed by atoms with Crippen LogP contribution in [0, 0.1) is 17.3 Å². The van der Waals surface area contributed by atoms with E-state index in [0.717, 1.165) is 25.7 Å². The molecule has 1 rings (SSSR count). The van der Waals surface area contributed by atoms with Gasteiger partial charge in [-0.2, -0.15) is 0 Å². The Labute approximate surface area is 127 Å². The third-order valence-corrected chi connectivity index (χ3v) is 4.38. The summed E-state index contributed by atoms with van der Waals surface area (Å²) < 4.78 is 0. The van der Waals surface area contributed by atoms with Gasteiger partial charge in [0, 0.05) is 19.0 Å². The fourth-order valence-electron chi connectivity index (χ4n) is 3.19. The number of carbonyl (C=O) groups is 2. The van der Waals surface area contributed by atoms with E-state index in [4.69, 9.17) is 5.11 Å². The molecule has 0 spiro atoms. The van der Waals surface area contributed by atoms with E-state index in [1.165, 1.54) is 0 Å². The molecular formula is C16H30N2O3. The first-order chi connectivity index (χ1) is 9.70. The van der Waals surface area contributed by atoms with Crippen molar-refractivity contribution in [3.8, 4) is 0 Å². The van der Waals surface area contributed by atoms with Crippen molar-refractivity contribution in [3.63, 3.8) is 0 Å². The van der Waals surface area contributed by atoms with Crippen LogP contribution >= 0.6 is 0 Å². The summed E-state index contributed by atoms with van der Waals surface area (Å²) in [5, 5.41) is 14.8. The van der Waals surface area contributed by atoms with Gasteiger partial charge in [-0.1, -0.05) is 34.1 Å². The minimum atomic E-state index is -0.806. The number of nitrogens with one attached hydrogen (secondary N) is 2. The van der Waals surface area contributed by atoms with Gasteiger partial charge in [0.1, 0.15) is 0 Å². The number of hydrogen-bond donors (Lipinski definition) is 3. The van der Waals surface area contributed by atoms with Crippen molar-refractivity contribution in [1.82, 2.24) is 10.6 Å². The summed E-state index contributed by atoms with van der Waals surface area (Å²) in [5.41, 5.74) is 0.149. The topological polar surface area (TPSA) is 78.4 Å². The Morgan fingerprint density at radius 3 is 2.48 bits per heavy atom. The zero-order valence-electron chi connectivity index (χ0n) is 13.7. The molecule has 5 heteroatoms. The van der Waals surface area contributed by atoms with Crippen molar-refractivity contribution < 1.29 is 14.7 Å². The average molecular weight is 298 g/mol. The van der Waals surface area contributed by atoms with Gasteiger partial charge in [-0.25, -0.2) is 4.79 Å². The normalized spacial score (nSPS) is 22.0. The van der Waals surface area contributed by atoms with E-state index >= 15 is 0 Å². The van der Waals surface area contributed by atoms with Crippen molar-refractivity contribution in [3.05, 3.63) is 0 Å². The van der Waals surface area contributed by atoms with E-state index < -0.39 is 5.97 Å². The van der Waals surface area contributed by atoms with Gasteiger partial charge in [-0.05, 0) is 36.5 Å². The molecule has 0 aliphatic heterocycles. The number of hydrogen-bond acceptors (Lipinski definition) is 2.